The number of aromatic nitrogens is 3. The Bertz CT molecular complexity index is 657. The van der Waals surface area contributed by atoms with Gasteiger partial charge < -0.3 is 15.5 Å². The normalized spacial score (nSPS) is 10.5. The monoisotopic (exact) mass is 292 g/mol. The number of aromatic amines is 1. The van der Waals surface area contributed by atoms with Gasteiger partial charge in [-0.2, -0.15) is 0 Å². The van der Waals surface area contributed by atoms with Crippen LogP contribution >= 0.6 is 11.8 Å². The number of nitrogens with zero attached hydrogens (tertiary/aromatic N) is 2. The SMILES string of the molecule is CCCc1cc(=O)[nH]c(Sc2nc(OC)ccc2N)n1. The van der Waals surface area contributed by atoms with Gasteiger partial charge in [-0.25, -0.2) is 9.97 Å². The predicted octanol–water partition coefficient (Wildman–Crippen LogP) is 1.86. The summed E-state index contributed by atoms with van der Waals surface area (Å²) in [5.41, 5.74) is 6.97. The van der Waals surface area contributed by atoms with E-state index in [1.165, 1.54) is 24.9 Å². The molecular weight excluding hydrogens is 276 g/mol. The number of nitrogens with one attached hydrogen (secondary N) is 1. The molecule has 0 aliphatic carbocycles. The van der Waals surface area contributed by atoms with Gasteiger partial charge in [0.1, 0.15) is 5.03 Å². The summed E-state index contributed by atoms with van der Waals surface area (Å²) < 4.78 is 5.06. The standard InChI is InChI=1S/C13H16N4O2S/c1-3-4-8-7-10(18)16-13(15-8)20-12-9(14)5-6-11(17-12)19-2/h5-7H,3-4,14H2,1-2H3,(H,15,16,18). The molecule has 2 heterocycles. The molecule has 0 saturated heterocycles. The number of methoxy groups -OCH3 is 1. The number of nitrogens with two attached hydrogens (primary N) is 1. The van der Waals surface area contributed by atoms with Crippen LogP contribution in [0.3, 0.4) is 0 Å². The van der Waals surface area contributed by atoms with Gasteiger partial charge in [-0.3, -0.25) is 4.79 Å². The first kappa shape index (κ1) is 14.4. The second-order valence-electron chi connectivity index (χ2n) is 4.14. The number of anilines is 1. The smallest absolute Gasteiger partial charge is 0.251 e. The third-order valence-corrected chi connectivity index (χ3v) is 3.45. The summed E-state index contributed by atoms with van der Waals surface area (Å²) in [5, 5.41) is 1.04. The van der Waals surface area contributed by atoms with Gasteiger partial charge in [0, 0.05) is 17.8 Å². The molecule has 20 heavy (non-hydrogen) atoms. The molecule has 2 aromatic rings. The van der Waals surface area contributed by atoms with Crippen molar-refractivity contribution in [2.24, 2.45) is 0 Å². The molecule has 0 amide bonds. The molecule has 7 heteroatoms. The maximum Gasteiger partial charge on any atom is 0.251 e. The van der Waals surface area contributed by atoms with Crippen LogP contribution < -0.4 is 16.0 Å². The lowest BCUT2D eigenvalue weighted by atomic mass is 10.2. The molecule has 0 aromatic carbocycles. The number of H-pyrrole nitrogens is 1. The summed E-state index contributed by atoms with van der Waals surface area (Å²) in [4.78, 5) is 22.9. The predicted molar refractivity (Wildman–Crippen MR) is 78.2 cm³/mol. The quantitative estimate of drug-likeness (QED) is 0.817. The third-order valence-electron chi connectivity index (χ3n) is 2.55. The second-order valence-corrected chi connectivity index (χ2v) is 5.12. The number of ether oxygens (including phenoxy) is 1. The Morgan fingerprint density at radius 2 is 2.20 bits per heavy atom. The highest BCUT2D eigenvalue weighted by atomic mass is 32.2. The van der Waals surface area contributed by atoms with Crippen molar-refractivity contribution < 1.29 is 4.74 Å². The van der Waals surface area contributed by atoms with Crippen LogP contribution in [0.25, 0.3) is 0 Å². The van der Waals surface area contributed by atoms with Crippen molar-refractivity contribution in [1.29, 1.82) is 0 Å². The van der Waals surface area contributed by atoms with Gasteiger partial charge >= 0.3 is 0 Å². The Kier molecular flexibility index (Phi) is 4.62. The lowest BCUT2D eigenvalue weighted by Crippen LogP contribution is -2.10. The summed E-state index contributed by atoms with van der Waals surface area (Å²) in [5.74, 6) is 0.466. The first-order valence-corrected chi connectivity index (χ1v) is 7.02. The Labute approximate surface area is 120 Å². The van der Waals surface area contributed by atoms with E-state index in [1.807, 2.05) is 6.92 Å². The molecule has 0 aliphatic rings. The highest BCUT2D eigenvalue weighted by molar-refractivity contribution is 7.99. The second kappa shape index (κ2) is 6.42. The lowest BCUT2D eigenvalue weighted by molar-refractivity contribution is 0.395. The molecule has 0 unspecified atom stereocenters. The molecule has 0 atom stereocenters. The van der Waals surface area contributed by atoms with Gasteiger partial charge in [0.15, 0.2) is 5.16 Å². The number of aryl methyl sites for hydroxylation is 1. The van der Waals surface area contributed by atoms with E-state index >= 15 is 0 Å². The largest absolute Gasteiger partial charge is 0.481 e. The van der Waals surface area contributed by atoms with Crippen LogP contribution in [-0.4, -0.2) is 22.1 Å². The fourth-order valence-corrected chi connectivity index (χ4v) is 2.46. The zero-order valence-corrected chi connectivity index (χ0v) is 12.2. The summed E-state index contributed by atoms with van der Waals surface area (Å²) >= 11 is 1.22. The van der Waals surface area contributed by atoms with Crippen LogP contribution in [0, 0.1) is 0 Å². The maximum absolute atomic E-state index is 11.6. The average Bonchev–Trinajstić information content (AvgIpc) is 2.41. The van der Waals surface area contributed by atoms with E-state index in [4.69, 9.17) is 10.5 Å². The van der Waals surface area contributed by atoms with E-state index < -0.39 is 0 Å². The first-order valence-electron chi connectivity index (χ1n) is 6.21. The minimum absolute atomic E-state index is 0.174. The zero-order chi connectivity index (χ0) is 14.5. The van der Waals surface area contributed by atoms with E-state index in [-0.39, 0.29) is 5.56 Å². The van der Waals surface area contributed by atoms with Crippen LogP contribution in [0.2, 0.25) is 0 Å². The molecule has 6 nitrogen and oxygen atoms in total. The molecule has 2 rings (SSSR count). The Morgan fingerprint density at radius 3 is 2.90 bits per heavy atom. The van der Waals surface area contributed by atoms with E-state index in [9.17, 15) is 4.79 Å². The molecule has 0 saturated carbocycles. The Morgan fingerprint density at radius 1 is 1.40 bits per heavy atom. The van der Waals surface area contributed by atoms with E-state index in [2.05, 4.69) is 15.0 Å². The molecule has 0 bridgehead atoms. The number of hydrogen-bond acceptors (Lipinski definition) is 6. The molecule has 0 radical (unpaired) electrons. The van der Waals surface area contributed by atoms with Crippen LogP contribution in [-0.2, 0) is 6.42 Å². The van der Waals surface area contributed by atoms with Gasteiger partial charge in [0.25, 0.3) is 5.56 Å². The highest BCUT2D eigenvalue weighted by Crippen LogP contribution is 2.29. The summed E-state index contributed by atoms with van der Waals surface area (Å²) in [6.07, 6.45) is 1.69. The number of rotatable bonds is 5. The maximum atomic E-state index is 11.6. The van der Waals surface area contributed by atoms with Crippen molar-refractivity contribution in [3.05, 3.63) is 34.2 Å². The lowest BCUT2D eigenvalue weighted by Gasteiger charge is -2.06. The number of pyridine rings is 1. The topological polar surface area (TPSA) is 93.9 Å². The van der Waals surface area contributed by atoms with Crippen molar-refractivity contribution in [1.82, 2.24) is 15.0 Å². The summed E-state index contributed by atoms with van der Waals surface area (Å²) in [7, 11) is 1.54. The van der Waals surface area contributed by atoms with Gasteiger partial charge in [0.2, 0.25) is 5.88 Å². The zero-order valence-electron chi connectivity index (χ0n) is 11.3. The molecule has 2 aromatic heterocycles. The van der Waals surface area contributed by atoms with E-state index in [0.717, 1.165) is 18.5 Å². The molecule has 3 N–H and O–H groups in total. The minimum Gasteiger partial charge on any atom is -0.481 e. The molecule has 0 fully saturated rings. The van der Waals surface area contributed by atoms with Gasteiger partial charge in [-0.1, -0.05) is 13.3 Å². The van der Waals surface area contributed by atoms with Crippen LogP contribution in [0.5, 0.6) is 5.88 Å². The van der Waals surface area contributed by atoms with Crippen molar-refractivity contribution in [2.45, 2.75) is 29.9 Å². The minimum atomic E-state index is -0.174. The van der Waals surface area contributed by atoms with E-state index in [1.54, 1.807) is 12.1 Å². The van der Waals surface area contributed by atoms with Gasteiger partial charge in [-0.05, 0) is 24.2 Å². The molecular formula is C13H16N4O2S. The molecule has 0 aliphatic heterocycles. The van der Waals surface area contributed by atoms with Crippen molar-refractivity contribution in [2.75, 3.05) is 12.8 Å². The molecule has 106 valence electrons. The van der Waals surface area contributed by atoms with Crippen molar-refractivity contribution >= 4 is 17.4 Å². The third kappa shape index (κ3) is 3.51. The van der Waals surface area contributed by atoms with Gasteiger partial charge in [-0.15, -0.1) is 0 Å². The van der Waals surface area contributed by atoms with Crippen molar-refractivity contribution in [3.63, 3.8) is 0 Å². The van der Waals surface area contributed by atoms with Crippen LogP contribution in [0.4, 0.5) is 5.69 Å². The Balaban J connectivity index is 2.31. The Hall–Kier alpha value is -2.02. The van der Waals surface area contributed by atoms with Crippen molar-refractivity contribution in [3.8, 4) is 5.88 Å². The fourth-order valence-electron chi connectivity index (χ4n) is 1.64. The van der Waals surface area contributed by atoms with Crippen LogP contribution in [0.15, 0.2) is 33.2 Å². The highest BCUT2D eigenvalue weighted by Gasteiger charge is 2.09. The number of nitrogen functional groups attached to an aromatic ring is 1. The van der Waals surface area contributed by atoms with E-state index in [0.29, 0.717) is 21.7 Å². The van der Waals surface area contributed by atoms with Crippen LogP contribution in [0.1, 0.15) is 19.0 Å². The average molecular weight is 292 g/mol. The fraction of sp³-hybridized carbons (Fsp3) is 0.308. The summed E-state index contributed by atoms with van der Waals surface area (Å²) in [6.45, 7) is 2.04. The summed E-state index contributed by atoms with van der Waals surface area (Å²) in [6, 6.07) is 4.90. The van der Waals surface area contributed by atoms with Gasteiger partial charge in [0.05, 0.1) is 12.8 Å². The number of hydrogen-bond donors (Lipinski definition) is 2. The first-order chi connectivity index (χ1) is 9.62. The molecule has 0 spiro atoms.